The summed E-state index contributed by atoms with van der Waals surface area (Å²) in [5, 5.41) is 0. The van der Waals surface area contributed by atoms with E-state index in [9.17, 15) is 13.2 Å². The molecule has 0 heterocycles. The first kappa shape index (κ1) is 12.8. The van der Waals surface area contributed by atoms with Gasteiger partial charge in [0.15, 0.2) is 0 Å². The molecule has 0 aliphatic rings. The Kier molecular flexibility index (Phi) is 3.80. The molecule has 0 saturated carbocycles. The van der Waals surface area contributed by atoms with Gasteiger partial charge < -0.3 is 10.6 Å². The Morgan fingerprint density at radius 2 is 1.81 bits per heavy atom. The molecule has 1 aromatic rings. The van der Waals surface area contributed by atoms with Gasteiger partial charge in [-0.05, 0) is 18.1 Å². The molecule has 0 saturated heterocycles. The summed E-state index contributed by atoms with van der Waals surface area (Å²) in [5.74, 6) is 0. The average molecular weight is 232 g/mol. The van der Waals surface area contributed by atoms with E-state index < -0.39 is 12.2 Å². The molecule has 16 heavy (non-hydrogen) atoms. The van der Waals surface area contributed by atoms with Crippen molar-refractivity contribution in [3.05, 3.63) is 29.8 Å². The van der Waals surface area contributed by atoms with Gasteiger partial charge >= 0.3 is 6.18 Å². The van der Waals surface area contributed by atoms with Crippen LogP contribution in [0.25, 0.3) is 0 Å². The highest BCUT2D eigenvalue weighted by molar-refractivity contribution is 5.52. The highest BCUT2D eigenvalue weighted by Gasteiger charge is 2.36. The van der Waals surface area contributed by atoms with Crippen molar-refractivity contribution in [3.63, 3.8) is 0 Å². The Hall–Kier alpha value is -1.23. The first-order valence-electron chi connectivity index (χ1n) is 4.90. The molecule has 0 aliphatic heterocycles. The van der Waals surface area contributed by atoms with Crippen LogP contribution in [0.2, 0.25) is 0 Å². The first-order valence-corrected chi connectivity index (χ1v) is 4.90. The standard InChI is InChI=1S/C11H15F3N2/c1-16(2)9-6-4-3-5-8(9)7-10(15)11(12,13)14/h3-6,10H,7,15H2,1-2H3. The van der Waals surface area contributed by atoms with Gasteiger partial charge in [0.1, 0.15) is 6.04 Å². The van der Waals surface area contributed by atoms with Crippen LogP contribution in [-0.2, 0) is 6.42 Å². The number of nitrogens with two attached hydrogens (primary N) is 1. The fourth-order valence-electron chi connectivity index (χ4n) is 1.47. The summed E-state index contributed by atoms with van der Waals surface area (Å²) in [7, 11) is 3.58. The summed E-state index contributed by atoms with van der Waals surface area (Å²) in [6.07, 6.45) is -4.54. The lowest BCUT2D eigenvalue weighted by atomic mass is 10.0. The van der Waals surface area contributed by atoms with Gasteiger partial charge in [-0.3, -0.25) is 0 Å². The molecule has 90 valence electrons. The van der Waals surface area contributed by atoms with E-state index in [1.807, 2.05) is 0 Å². The largest absolute Gasteiger partial charge is 0.403 e. The van der Waals surface area contributed by atoms with Crippen LogP contribution in [0.4, 0.5) is 18.9 Å². The molecule has 0 radical (unpaired) electrons. The number of anilines is 1. The topological polar surface area (TPSA) is 29.3 Å². The van der Waals surface area contributed by atoms with Gasteiger partial charge in [0.25, 0.3) is 0 Å². The first-order chi connectivity index (χ1) is 7.32. The van der Waals surface area contributed by atoms with E-state index in [1.165, 1.54) is 0 Å². The van der Waals surface area contributed by atoms with E-state index in [2.05, 4.69) is 0 Å². The summed E-state index contributed by atoms with van der Waals surface area (Å²) in [6.45, 7) is 0. The van der Waals surface area contributed by atoms with Gasteiger partial charge in [-0.25, -0.2) is 0 Å². The molecule has 0 fully saturated rings. The van der Waals surface area contributed by atoms with Crippen molar-refractivity contribution in [2.75, 3.05) is 19.0 Å². The Bertz CT molecular complexity index is 347. The molecule has 2 N–H and O–H groups in total. The molecule has 1 atom stereocenters. The third-order valence-electron chi connectivity index (χ3n) is 2.33. The molecular weight excluding hydrogens is 217 g/mol. The smallest absolute Gasteiger partial charge is 0.377 e. The van der Waals surface area contributed by atoms with Gasteiger partial charge in [-0.2, -0.15) is 13.2 Å². The Labute approximate surface area is 92.9 Å². The monoisotopic (exact) mass is 232 g/mol. The predicted molar refractivity (Wildman–Crippen MR) is 58.5 cm³/mol. The fourth-order valence-corrected chi connectivity index (χ4v) is 1.47. The summed E-state index contributed by atoms with van der Waals surface area (Å²) >= 11 is 0. The number of benzene rings is 1. The summed E-state index contributed by atoms with van der Waals surface area (Å²) in [5.41, 5.74) is 6.48. The second-order valence-electron chi connectivity index (χ2n) is 3.88. The maximum absolute atomic E-state index is 12.3. The molecule has 0 bridgehead atoms. The van der Waals surface area contributed by atoms with Gasteiger partial charge in [0.05, 0.1) is 0 Å². The van der Waals surface area contributed by atoms with Gasteiger partial charge in [-0.15, -0.1) is 0 Å². The zero-order chi connectivity index (χ0) is 12.3. The molecule has 0 aliphatic carbocycles. The number of rotatable bonds is 3. The molecular formula is C11H15F3N2. The van der Waals surface area contributed by atoms with Gasteiger partial charge in [0, 0.05) is 19.8 Å². The molecule has 1 rings (SSSR count). The van der Waals surface area contributed by atoms with Crippen molar-refractivity contribution in [1.82, 2.24) is 0 Å². The fraction of sp³-hybridized carbons (Fsp3) is 0.455. The number of alkyl halides is 3. The van der Waals surface area contributed by atoms with Gasteiger partial charge in [0.2, 0.25) is 0 Å². The van der Waals surface area contributed by atoms with Crippen molar-refractivity contribution >= 4 is 5.69 Å². The van der Waals surface area contributed by atoms with Crippen molar-refractivity contribution in [2.24, 2.45) is 5.73 Å². The van der Waals surface area contributed by atoms with Crippen LogP contribution < -0.4 is 10.6 Å². The van der Waals surface area contributed by atoms with E-state index in [1.54, 1.807) is 43.3 Å². The van der Waals surface area contributed by atoms with Crippen LogP contribution in [0.15, 0.2) is 24.3 Å². The summed E-state index contributed by atoms with van der Waals surface area (Å²) in [6, 6.07) is 5.14. The second-order valence-corrected chi connectivity index (χ2v) is 3.88. The SMILES string of the molecule is CN(C)c1ccccc1CC(N)C(F)(F)F. The van der Waals surface area contributed by atoms with Crippen LogP contribution in [0, 0.1) is 0 Å². The van der Waals surface area contributed by atoms with E-state index in [0.29, 0.717) is 5.56 Å². The van der Waals surface area contributed by atoms with Gasteiger partial charge in [-0.1, -0.05) is 18.2 Å². The highest BCUT2D eigenvalue weighted by Crippen LogP contribution is 2.25. The average Bonchev–Trinajstić information content (AvgIpc) is 2.16. The minimum absolute atomic E-state index is 0.197. The molecule has 0 aromatic heterocycles. The number of nitrogens with zero attached hydrogens (tertiary/aromatic N) is 1. The lowest BCUT2D eigenvalue weighted by Gasteiger charge is -2.21. The summed E-state index contributed by atoms with van der Waals surface area (Å²) < 4.78 is 37.0. The molecule has 5 heteroatoms. The lowest BCUT2D eigenvalue weighted by Crippen LogP contribution is -2.39. The number of halogens is 3. The second kappa shape index (κ2) is 4.74. The Morgan fingerprint density at radius 3 is 2.31 bits per heavy atom. The Morgan fingerprint density at radius 1 is 1.25 bits per heavy atom. The number of hydrogen-bond donors (Lipinski definition) is 1. The number of para-hydroxylation sites is 1. The van der Waals surface area contributed by atoms with Crippen molar-refractivity contribution in [3.8, 4) is 0 Å². The molecule has 0 amide bonds. The van der Waals surface area contributed by atoms with Crippen LogP contribution in [0.3, 0.4) is 0 Å². The van der Waals surface area contributed by atoms with E-state index in [4.69, 9.17) is 5.73 Å². The van der Waals surface area contributed by atoms with Crippen LogP contribution in [-0.4, -0.2) is 26.3 Å². The molecule has 1 aromatic carbocycles. The minimum atomic E-state index is -4.35. The van der Waals surface area contributed by atoms with Crippen molar-refractivity contribution in [1.29, 1.82) is 0 Å². The van der Waals surface area contributed by atoms with Crippen LogP contribution in [0.1, 0.15) is 5.56 Å². The predicted octanol–water partition coefficient (Wildman–Crippen LogP) is 2.18. The molecule has 0 spiro atoms. The third-order valence-corrected chi connectivity index (χ3v) is 2.33. The Balaban J connectivity index is 2.89. The molecule has 1 unspecified atom stereocenters. The normalized spacial score (nSPS) is 13.6. The van der Waals surface area contributed by atoms with E-state index in [-0.39, 0.29) is 6.42 Å². The lowest BCUT2D eigenvalue weighted by molar-refractivity contribution is -0.147. The number of hydrogen-bond acceptors (Lipinski definition) is 2. The van der Waals surface area contributed by atoms with Crippen LogP contribution >= 0.6 is 0 Å². The molecule has 2 nitrogen and oxygen atoms in total. The minimum Gasteiger partial charge on any atom is -0.377 e. The maximum Gasteiger partial charge on any atom is 0.403 e. The third kappa shape index (κ3) is 3.13. The zero-order valence-corrected chi connectivity index (χ0v) is 9.25. The van der Waals surface area contributed by atoms with E-state index in [0.717, 1.165) is 5.69 Å². The zero-order valence-electron chi connectivity index (χ0n) is 9.25. The maximum atomic E-state index is 12.3. The van der Waals surface area contributed by atoms with Crippen molar-refractivity contribution in [2.45, 2.75) is 18.6 Å². The quantitative estimate of drug-likeness (QED) is 0.865. The van der Waals surface area contributed by atoms with Crippen molar-refractivity contribution < 1.29 is 13.2 Å². The van der Waals surface area contributed by atoms with E-state index >= 15 is 0 Å². The highest BCUT2D eigenvalue weighted by atomic mass is 19.4. The summed E-state index contributed by atoms with van der Waals surface area (Å²) in [4.78, 5) is 1.78. The van der Waals surface area contributed by atoms with Crippen LogP contribution in [0.5, 0.6) is 0 Å².